The van der Waals surface area contributed by atoms with Gasteiger partial charge in [0.2, 0.25) is 0 Å². The maximum absolute atomic E-state index is 5.05. The third-order valence-corrected chi connectivity index (χ3v) is 5.70. The van der Waals surface area contributed by atoms with E-state index >= 15 is 0 Å². The summed E-state index contributed by atoms with van der Waals surface area (Å²) in [6, 6.07) is 18.6. The van der Waals surface area contributed by atoms with Crippen molar-refractivity contribution in [2.45, 2.75) is 0 Å². The molecule has 0 bridgehead atoms. The SMILES string of the molecule is c1ccc2c(c1)nc1c3nc4ccccc4c4ccnc(c5cncc2c51)c43. The Balaban J connectivity index is 1.93. The molecular formula is C24H12N4. The Morgan fingerprint density at radius 1 is 0.500 bits per heavy atom. The van der Waals surface area contributed by atoms with Gasteiger partial charge in [-0.05, 0) is 23.6 Å². The molecule has 0 aliphatic heterocycles. The van der Waals surface area contributed by atoms with Gasteiger partial charge < -0.3 is 0 Å². The third-order valence-electron chi connectivity index (χ3n) is 5.70. The second-order valence-electron chi connectivity index (χ2n) is 7.15. The lowest BCUT2D eigenvalue weighted by molar-refractivity contribution is 1.37. The van der Waals surface area contributed by atoms with Crippen LogP contribution in [0.2, 0.25) is 0 Å². The molecule has 0 amide bonds. The van der Waals surface area contributed by atoms with E-state index in [1.165, 1.54) is 0 Å². The molecule has 0 saturated carbocycles. The third kappa shape index (κ3) is 1.61. The van der Waals surface area contributed by atoms with Gasteiger partial charge in [-0.15, -0.1) is 0 Å². The van der Waals surface area contributed by atoms with Crippen LogP contribution in [-0.2, 0) is 0 Å². The fourth-order valence-corrected chi connectivity index (χ4v) is 4.52. The van der Waals surface area contributed by atoms with Crippen molar-refractivity contribution in [2.75, 3.05) is 0 Å². The maximum Gasteiger partial charge on any atom is 0.100 e. The normalized spacial score (nSPS) is 12.3. The lowest BCUT2D eigenvalue weighted by Crippen LogP contribution is -1.95. The first kappa shape index (κ1) is 14.2. The average Bonchev–Trinajstić information content (AvgIpc) is 2.77. The first-order chi connectivity index (χ1) is 13.9. The number of rotatable bonds is 0. The van der Waals surface area contributed by atoms with E-state index in [1.54, 1.807) is 0 Å². The van der Waals surface area contributed by atoms with Gasteiger partial charge in [0.15, 0.2) is 0 Å². The molecule has 28 heavy (non-hydrogen) atoms. The molecule has 0 saturated heterocycles. The summed E-state index contributed by atoms with van der Waals surface area (Å²) < 4.78 is 0. The fourth-order valence-electron chi connectivity index (χ4n) is 4.52. The number of fused-ring (bicyclic) bond motifs is 6. The highest BCUT2D eigenvalue weighted by atomic mass is 14.8. The summed E-state index contributed by atoms with van der Waals surface area (Å²) in [4.78, 5) is 19.4. The molecule has 0 radical (unpaired) electrons. The number of para-hydroxylation sites is 2. The molecule has 0 unspecified atom stereocenters. The quantitative estimate of drug-likeness (QED) is 0.261. The van der Waals surface area contributed by atoms with Gasteiger partial charge in [0, 0.05) is 50.9 Å². The number of nitrogens with zero attached hydrogens (tertiary/aromatic N) is 4. The molecule has 0 N–H and O–H groups in total. The number of hydrogen-bond donors (Lipinski definition) is 0. The van der Waals surface area contributed by atoms with Crippen LogP contribution in [0.3, 0.4) is 0 Å². The van der Waals surface area contributed by atoms with Crippen molar-refractivity contribution in [2.24, 2.45) is 0 Å². The summed E-state index contributed by atoms with van der Waals surface area (Å²) in [6.07, 6.45) is 5.72. The van der Waals surface area contributed by atoms with Crippen molar-refractivity contribution in [1.82, 2.24) is 19.9 Å². The van der Waals surface area contributed by atoms with Crippen molar-refractivity contribution >= 4 is 65.3 Å². The molecule has 4 nitrogen and oxygen atoms in total. The van der Waals surface area contributed by atoms with Crippen molar-refractivity contribution in [3.8, 4) is 0 Å². The molecular weight excluding hydrogens is 344 g/mol. The smallest absolute Gasteiger partial charge is 0.100 e. The molecule has 4 heteroatoms. The number of benzene rings is 3. The van der Waals surface area contributed by atoms with E-state index in [0.29, 0.717) is 0 Å². The zero-order valence-electron chi connectivity index (χ0n) is 14.7. The van der Waals surface area contributed by atoms with Gasteiger partial charge in [0.05, 0.1) is 22.1 Å². The van der Waals surface area contributed by atoms with Gasteiger partial charge >= 0.3 is 0 Å². The molecule has 0 spiro atoms. The van der Waals surface area contributed by atoms with E-state index in [9.17, 15) is 0 Å². The highest BCUT2D eigenvalue weighted by molar-refractivity contribution is 6.34. The number of hydrogen-bond acceptors (Lipinski definition) is 4. The first-order valence-corrected chi connectivity index (χ1v) is 9.25. The lowest BCUT2D eigenvalue weighted by Gasteiger charge is -2.14. The first-order valence-electron chi connectivity index (χ1n) is 9.25. The number of aromatic nitrogens is 4. The predicted octanol–water partition coefficient (Wildman–Crippen LogP) is 5.62. The Kier molecular flexibility index (Phi) is 2.46. The summed E-state index contributed by atoms with van der Waals surface area (Å²) in [5.74, 6) is 0. The van der Waals surface area contributed by atoms with Gasteiger partial charge in [-0.25, -0.2) is 9.97 Å². The molecule has 7 rings (SSSR count). The standard InChI is InChI=1S/C24H12N4/c1-3-7-18-13(5-1)15-9-10-26-22-17-12-25-11-16-14-6-2-4-8-19(14)27-23(20(16)17)24(28-18)21(15)22/h1-12H. The maximum atomic E-state index is 5.05. The summed E-state index contributed by atoms with van der Waals surface area (Å²) in [5, 5.41) is 7.66. The zero-order valence-corrected chi connectivity index (χ0v) is 14.7. The highest BCUT2D eigenvalue weighted by Crippen LogP contribution is 2.40. The Morgan fingerprint density at radius 3 is 1.93 bits per heavy atom. The van der Waals surface area contributed by atoms with Crippen LogP contribution in [-0.4, -0.2) is 19.9 Å². The van der Waals surface area contributed by atoms with Crippen LogP contribution >= 0.6 is 0 Å². The molecule has 7 aromatic rings. The molecule has 0 aliphatic carbocycles. The van der Waals surface area contributed by atoms with Crippen molar-refractivity contribution in [3.05, 3.63) is 73.2 Å². The van der Waals surface area contributed by atoms with Crippen LogP contribution < -0.4 is 0 Å². The molecule has 0 aliphatic rings. The Morgan fingerprint density at radius 2 is 1.14 bits per heavy atom. The largest absolute Gasteiger partial charge is 0.263 e. The summed E-state index contributed by atoms with van der Waals surface area (Å²) in [7, 11) is 0. The van der Waals surface area contributed by atoms with Crippen molar-refractivity contribution in [1.29, 1.82) is 0 Å². The molecule has 128 valence electrons. The van der Waals surface area contributed by atoms with Gasteiger partial charge in [-0.2, -0.15) is 0 Å². The Bertz CT molecular complexity index is 1590. The Labute approximate surface area is 158 Å². The van der Waals surface area contributed by atoms with Crippen LogP contribution in [0, 0.1) is 0 Å². The molecule has 0 fully saturated rings. The van der Waals surface area contributed by atoms with Crippen LogP contribution in [0.1, 0.15) is 0 Å². The second-order valence-corrected chi connectivity index (χ2v) is 7.15. The second kappa shape index (κ2) is 4.87. The minimum absolute atomic E-state index is 0.909. The van der Waals surface area contributed by atoms with Crippen LogP contribution in [0.5, 0.6) is 0 Å². The summed E-state index contributed by atoms with van der Waals surface area (Å²) in [5.41, 5.74) is 4.70. The van der Waals surface area contributed by atoms with E-state index < -0.39 is 0 Å². The zero-order chi connectivity index (χ0) is 18.2. The number of pyridine rings is 4. The fraction of sp³-hybridized carbons (Fsp3) is 0. The van der Waals surface area contributed by atoms with E-state index in [4.69, 9.17) is 15.0 Å². The monoisotopic (exact) mass is 356 g/mol. The molecule has 3 aromatic carbocycles. The minimum atomic E-state index is 0.909. The Hall–Kier alpha value is -3.92. The van der Waals surface area contributed by atoms with Crippen LogP contribution in [0.15, 0.2) is 73.2 Å². The van der Waals surface area contributed by atoms with E-state index in [2.05, 4.69) is 41.4 Å². The molecule has 4 heterocycles. The summed E-state index contributed by atoms with van der Waals surface area (Å²) in [6.45, 7) is 0. The topological polar surface area (TPSA) is 51.6 Å². The van der Waals surface area contributed by atoms with Crippen LogP contribution in [0.25, 0.3) is 65.3 Å². The van der Waals surface area contributed by atoms with Gasteiger partial charge in [-0.1, -0.05) is 36.4 Å². The van der Waals surface area contributed by atoms with Crippen LogP contribution in [0.4, 0.5) is 0 Å². The predicted molar refractivity (Wildman–Crippen MR) is 114 cm³/mol. The highest BCUT2D eigenvalue weighted by Gasteiger charge is 2.19. The minimum Gasteiger partial charge on any atom is -0.263 e. The van der Waals surface area contributed by atoms with E-state index in [1.807, 2.05) is 36.8 Å². The van der Waals surface area contributed by atoms with Gasteiger partial charge in [0.1, 0.15) is 5.52 Å². The van der Waals surface area contributed by atoms with Gasteiger partial charge in [0.25, 0.3) is 0 Å². The lowest BCUT2D eigenvalue weighted by atomic mass is 9.96. The van der Waals surface area contributed by atoms with Crippen molar-refractivity contribution < 1.29 is 0 Å². The van der Waals surface area contributed by atoms with Crippen molar-refractivity contribution in [3.63, 3.8) is 0 Å². The average molecular weight is 356 g/mol. The van der Waals surface area contributed by atoms with E-state index in [-0.39, 0.29) is 0 Å². The van der Waals surface area contributed by atoms with E-state index in [0.717, 1.165) is 65.3 Å². The summed E-state index contributed by atoms with van der Waals surface area (Å²) >= 11 is 0. The molecule has 0 atom stereocenters. The molecule has 4 aromatic heterocycles. The van der Waals surface area contributed by atoms with Gasteiger partial charge in [-0.3, -0.25) is 9.97 Å².